The van der Waals surface area contributed by atoms with Gasteiger partial charge in [0.2, 0.25) is 0 Å². The minimum Gasteiger partial charge on any atom is -0.381 e. The zero-order valence-corrected chi connectivity index (χ0v) is 10.8. The Morgan fingerprint density at radius 1 is 1.44 bits per heavy atom. The molecule has 1 N–H and O–H groups in total. The van der Waals surface area contributed by atoms with Crippen molar-refractivity contribution in [2.75, 3.05) is 26.8 Å². The SMILES string of the molecule is CNCC1(CCc2ccsc2)CCOCC1. The summed E-state index contributed by atoms with van der Waals surface area (Å²) in [6.45, 7) is 3.00. The molecule has 1 aromatic heterocycles. The lowest BCUT2D eigenvalue weighted by molar-refractivity contribution is 0.0115. The topological polar surface area (TPSA) is 21.3 Å². The molecule has 0 saturated carbocycles. The molecule has 1 aromatic rings. The smallest absolute Gasteiger partial charge is 0.0471 e. The average Bonchev–Trinajstić information content (AvgIpc) is 2.81. The lowest BCUT2D eigenvalue weighted by Gasteiger charge is -2.37. The number of hydrogen-bond acceptors (Lipinski definition) is 3. The van der Waals surface area contributed by atoms with Crippen molar-refractivity contribution in [1.29, 1.82) is 0 Å². The van der Waals surface area contributed by atoms with E-state index in [2.05, 4.69) is 29.2 Å². The van der Waals surface area contributed by atoms with Crippen LogP contribution in [0.2, 0.25) is 0 Å². The lowest BCUT2D eigenvalue weighted by Crippen LogP contribution is -2.38. The number of ether oxygens (including phenoxy) is 1. The van der Waals surface area contributed by atoms with Crippen molar-refractivity contribution < 1.29 is 4.74 Å². The maximum atomic E-state index is 5.48. The van der Waals surface area contributed by atoms with Gasteiger partial charge in [0.1, 0.15) is 0 Å². The summed E-state index contributed by atoms with van der Waals surface area (Å²) in [5.74, 6) is 0. The van der Waals surface area contributed by atoms with Gasteiger partial charge in [-0.2, -0.15) is 11.3 Å². The largest absolute Gasteiger partial charge is 0.381 e. The minimum atomic E-state index is 0.467. The number of hydrogen-bond donors (Lipinski definition) is 1. The third-order valence-corrected chi connectivity index (χ3v) is 4.36. The molecule has 1 aliphatic heterocycles. The van der Waals surface area contributed by atoms with Gasteiger partial charge in [-0.3, -0.25) is 0 Å². The van der Waals surface area contributed by atoms with Crippen molar-refractivity contribution in [3.8, 4) is 0 Å². The number of thiophene rings is 1. The third-order valence-electron chi connectivity index (χ3n) is 3.63. The lowest BCUT2D eigenvalue weighted by atomic mass is 9.76. The van der Waals surface area contributed by atoms with Crippen molar-refractivity contribution in [3.05, 3.63) is 22.4 Å². The van der Waals surface area contributed by atoms with E-state index in [9.17, 15) is 0 Å². The van der Waals surface area contributed by atoms with Crippen molar-refractivity contribution in [2.24, 2.45) is 5.41 Å². The molecule has 0 amide bonds. The molecule has 3 heteroatoms. The summed E-state index contributed by atoms with van der Waals surface area (Å²) in [6, 6.07) is 2.25. The summed E-state index contributed by atoms with van der Waals surface area (Å²) in [7, 11) is 2.06. The van der Waals surface area contributed by atoms with Crippen LogP contribution in [0.3, 0.4) is 0 Å². The summed E-state index contributed by atoms with van der Waals surface area (Å²) < 4.78 is 5.48. The molecule has 1 saturated heterocycles. The summed E-state index contributed by atoms with van der Waals surface area (Å²) >= 11 is 1.80. The van der Waals surface area contributed by atoms with E-state index in [1.165, 1.54) is 31.2 Å². The van der Waals surface area contributed by atoms with E-state index in [0.717, 1.165) is 19.8 Å². The molecule has 0 aliphatic carbocycles. The Kier molecular flexibility index (Phi) is 4.38. The van der Waals surface area contributed by atoms with Crippen molar-refractivity contribution in [1.82, 2.24) is 5.32 Å². The normalized spacial score (nSPS) is 19.8. The molecule has 0 atom stereocenters. The Morgan fingerprint density at radius 3 is 2.88 bits per heavy atom. The van der Waals surface area contributed by atoms with E-state index >= 15 is 0 Å². The van der Waals surface area contributed by atoms with Crippen LogP contribution in [0.4, 0.5) is 0 Å². The Hall–Kier alpha value is -0.380. The molecular formula is C13H21NOS. The van der Waals surface area contributed by atoms with Gasteiger partial charge in [-0.1, -0.05) is 0 Å². The summed E-state index contributed by atoms with van der Waals surface area (Å²) in [6.07, 6.45) is 4.91. The molecule has 0 radical (unpaired) electrons. The molecule has 16 heavy (non-hydrogen) atoms. The van der Waals surface area contributed by atoms with E-state index in [1.807, 2.05) is 0 Å². The van der Waals surface area contributed by atoms with Gasteiger partial charge in [-0.25, -0.2) is 0 Å². The first-order valence-corrected chi connectivity index (χ1v) is 7.02. The van der Waals surface area contributed by atoms with Crippen LogP contribution in [0.25, 0.3) is 0 Å². The fourth-order valence-electron chi connectivity index (χ4n) is 2.54. The van der Waals surface area contributed by atoms with Crippen LogP contribution in [0.5, 0.6) is 0 Å². The Labute approximate surface area is 102 Å². The van der Waals surface area contributed by atoms with E-state index in [1.54, 1.807) is 11.3 Å². The van der Waals surface area contributed by atoms with Crippen molar-refractivity contribution >= 4 is 11.3 Å². The molecule has 0 unspecified atom stereocenters. The number of nitrogens with one attached hydrogen (secondary N) is 1. The highest BCUT2D eigenvalue weighted by molar-refractivity contribution is 7.07. The van der Waals surface area contributed by atoms with E-state index in [0.29, 0.717) is 5.41 Å². The first-order valence-electron chi connectivity index (χ1n) is 6.08. The van der Waals surface area contributed by atoms with Gasteiger partial charge in [-0.15, -0.1) is 0 Å². The minimum absolute atomic E-state index is 0.467. The van der Waals surface area contributed by atoms with E-state index < -0.39 is 0 Å². The molecule has 0 aromatic carbocycles. The monoisotopic (exact) mass is 239 g/mol. The van der Waals surface area contributed by atoms with Crippen LogP contribution in [0.15, 0.2) is 16.8 Å². The second-order valence-electron chi connectivity index (χ2n) is 4.77. The quantitative estimate of drug-likeness (QED) is 0.853. The Morgan fingerprint density at radius 2 is 2.25 bits per heavy atom. The molecule has 2 rings (SSSR count). The number of rotatable bonds is 5. The molecular weight excluding hydrogens is 218 g/mol. The predicted molar refractivity (Wildman–Crippen MR) is 69.1 cm³/mol. The Bertz CT molecular complexity index is 285. The second kappa shape index (κ2) is 5.80. The van der Waals surface area contributed by atoms with Gasteiger partial charge in [-0.05, 0) is 60.5 Å². The standard InChI is InChI=1S/C13H21NOS/c1-14-11-13(5-7-15-8-6-13)4-2-12-3-9-16-10-12/h3,9-10,14H,2,4-8,11H2,1H3. The predicted octanol–water partition coefficient (Wildman–Crippen LogP) is 2.70. The summed E-state index contributed by atoms with van der Waals surface area (Å²) in [5, 5.41) is 7.80. The number of aryl methyl sites for hydroxylation is 1. The maximum Gasteiger partial charge on any atom is 0.0471 e. The van der Waals surface area contributed by atoms with E-state index in [4.69, 9.17) is 4.74 Å². The molecule has 0 bridgehead atoms. The van der Waals surface area contributed by atoms with E-state index in [-0.39, 0.29) is 0 Å². The van der Waals surface area contributed by atoms with Crippen LogP contribution in [-0.2, 0) is 11.2 Å². The zero-order chi connectivity index (χ0) is 11.3. The summed E-state index contributed by atoms with van der Waals surface area (Å²) in [4.78, 5) is 0. The summed E-state index contributed by atoms with van der Waals surface area (Å²) in [5.41, 5.74) is 1.96. The van der Waals surface area contributed by atoms with Gasteiger partial charge in [0.05, 0.1) is 0 Å². The van der Waals surface area contributed by atoms with Crippen molar-refractivity contribution in [2.45, 2.75) is 25.7 Å². The van der Waals surface area contributed by atoms with Gasteiger partial charge in [0.25, 0.3) is 0 Å². The fourth-order valence-corrected chi connectivity index (χ4v) is 3.24. The first-order chi connectivity index (χ1) is 7.85. The average molecular weight is 239 g/mol. The van der Waals surface area contributed by atoms with Crippen LogP contribution >= 0.6 is 11.3 Å². The van der Waals surface area contributed by atoms with Gasteiger partial charge < -0.3 is 10.1 Å². The van der Waals surface area contributed by atoms with Crippen LogP contribution in [0, 0.1) is 5.41 Å². The molecule has 2 nitrogen and oxygen atoms in total. The molecule has 2 heterocycles. The highest BCUT2D eigenvalue weighted by Gasteiger charge is 2.31. The molecule has 0 spiro atoms. The highest BCUT2D eigenvalue weighted by Crippen LogP contribution is 2.34. The second-order valence-corrected chi connectivity index (χ2v) is 5.55. The van der Waals surface area contributed by atoms with Gasteiger partial charge in [0.15, 0.2) is 0 Å². The first kappa shape index (κ1) is 12.1. The molecule has 1 fully saturated rings. The Balaban J connectivity index is 1.91. The maximum absolute atomic E-state index is 5.48. The van der Waals surface area contributed by atoms with Crippen LogP contribution < -0.4 is 5.32 Å². The van der Waals surface area contributed by atoms with Crippen molar-refractivity contribution in [3.63, 3.8) is 0 Å². The highest BCUT2D eigenvalue weighted by atomic mass is 32.1. The third kappa shape index (κ3) is 3.06. The van der Waals surface area contributed by atoms with Crippen LogP contribution in [0.1, 0.15) is 24.8 Å². The van der Waals surface area contributed by atoms with Gasteiger partial charge >= 0.3 is 0 Å². The van der Waals surface area contributed by atoms with Gasteiger partial charge in [0, 0.05) is 19.8 Å². The zero-order valence-electron chi connectivity index (χ0n) is 10.00. The van der Waals surface area contributed by atoms with Crippen LogP contribution in [-0.4, -0.2) is 26.8 Å². The molecule has 90 valence electrons. The molecule has 1 aliphatic rings. The fraction of sp³-hybridized carbons (Fsp3) is 0.692.